The van der Waals surface area contributed by atoms with Crippen molar-refractivity contribution in [2.45, 2.75) is 55.6 Å². The number of thioether (sulfide) groups is 1. The zero-order valence-electron chi connectivity index (χ0n) is 14.4. The first-order chi connectivity index (χ1) is 12.2. The van der Waals surface area contributed by atoms with Gasteiger partial charge in [0.15, 0.2) is 6.61 Å². The molecule has 1 saturated heterocycles. The van der Waals surface area contributed by atoms with E-state index < -0.39 is 5.97 Å². The lowest BCUT2D eigenvalue weighted by molar-refractivity contribution is -0.124. The molecular formula is C19H25NO4S. The lowest BCUT2D eigenvalue weighted by atomic mass is 10.2. The lowest BCUT2D eigenvalue weighted by Gasteiger charge is -2.13. The van der Waals surface area contributed by atoms with Gasteiger partial charge in [0.1, 0.15) is 0 Å². The summed E-state index contributed by atoms with van der Waals surface area (Å²) in [6.45, 7) is 0.602. The van der Waals surface area contributed by atoms with Crippen LogP contribution in [0.3, 0.4) is 0 Å². The summed E-state index contributed by atoms with van der Waals surface area (Å²) in [6.07, 6.45) is 6.77. The van der Waals surface area contributed by atoms with Crippen LogP contribution >= 0.6 is 11.8 Å². The van der Waals surface area contributed by atoms with E-state index in [-0.39, 0.29) is 24.7 Å². The minimum Gasteiger partial charge on any atom is -0.452 e. The van der Waals surface area contributed by atoms with Gasteiger partial charge in [0, 0.05) is 23.3 Å². The van der Waals surface area contributed by atoms with Crippen LogP contribution in [0.1, 0.15) is 48.9 Å². The minimum absolute atomic E-state index is 0.218. The highest BCUT2D eigenvalue weighted by Gasteiger charge is 2.20. The molecule has 1 aliphatic carbocycles. The number of nitrogens with one attached hydrogen (secondary N) is 1. The van der Waals surface area contributed by atoms with Crippen LogP contribution in [-0.4, -0.2) is 43.0 Å². The van der Waals surface area contributed by atoms with E-state index in [9.17, 15) is 9.59 Å². The van der Waals surface area contributed by atoms with Crippen molar-refractivity contribution >= 4 is 23.6 Å². The Labute approximate surface area is 152 Å². The molecule has 5 nitrogen and oxygen atoms in total. The number of esters is 1. The molecule has 0 aromatic heterocycles. The van der Waals surface area contributed by atoms with Gasteiger partial charge in [-0.1, -0.05) is 25.0 Å². The van der Waals surface area contributed by atoms with Gasteiger partial charge in [-0.05, 0) is 37.8 Å². The smallest absolute Gasteiger partial charge is 0.339 e. The molecule has 0 spiro atoms. The summed E-state index contributed by atoms with van der Waals surface area (Å²) < 4.78 is 10.8. The highest BCUT2D eigenvalue weighted by Crippen LogP contribution is 2.27. The van der Waals surface area contributed by atoms with Crippen LogP contribution in [0.15, 0.2) is 29.2 Å². The number of ether oxygens (including phenoxy) is 2. The predicted octanol–water partition coefficient (Wildman–Crippen LogP) is 3.17. The van der Waals surface area contributed by atoms with Gasteiger partial charge in [-0.25, -0.2) is 4.79 Å². The largest absolute Gasteiger partial charge is 0.452 e. The Morgan fingerprint density at radius 2 is 1.96 bits per heavy atom. The molecule has 0 bridgehead atoms. The van der Waals surface area contributed by atoms with Gasteiger partial charge in [0.2, 0.25) is 0 Å². The van der Waals surface area contributed by atoms with Crippen molar-refractivity contribution < 1.29 is 19.1 Å². The molecular weight excluding hydrogens is 338 g/mol. The summed E-state index contributed by atoms with van der Waals surface area (Å²) in [4.78, 5) is 25.1. The molecule has 1 N–H and O–H groups in total. The monoisotopic (exact) mass is 363 g/mol. The molecule has 1 saturated carbocycles. The third-order valence-corrected chi connectivity index (χ3v) is 5.82. The number of carbonyl (C=O) groups excluding carboxylic acids is 2. The normalized spacial score (nSPS) is 20.6. The van der Waals surface area contributed by atoms with E-state index in [1.165, 1.54) is 0 Å². The van der Waals surface area contributed by atoms with Crippen molar-refractivity contribution in [3.05, 3.63) is 29.8 Å². The van der Waals surface area contributed by atoms with Crippen molar-refractivity contribution in [2.75, 3.05) is 19.0 Å². The topological polar surface area (TPSA) is 64.6 Å². The SMILES string of the molecule is O=C(COC(=O)c1ccccc1SC[C@H]1CCCO1)NC1CCCC1. The highest BCUT2D eigenvalue weighted by molar-refractivity contribution is 7.99. The van der Waals surface area contributed by atoms with Gasteiger partial charge in [0.05, 0.1) is 11.7 Å². The van der Waals surface area contributed by atoms with E-state index in [1.807, 2.05) is 18.2 Å². The Bertz CT molecular complexity index is 595. The summed E-state index contributed by atoms with van der Waals surface area (Å²) in [7, 11) is 0. The highest BCUT2D eigenvalue weighted by atomic mass is 32.2. The molecule has 0 unspecified atom stereocenters. The minimum atomic E-state index is -0.447. The summed E-state index contributed by atoms with van der Waals surface area (Å²) in [6, 6.07) is 7.61. The van der Waals surface area contributed by atoms with Gasteiger partial charge in [-0.2, -0.15) is 0 Å². The second-order valence-corrected chi connectivity index (χ2v) is 7.63. The first-order valence-electron chi connectivity index (χ1n) is 9.02. The van der Waals surface area contributed by atoms with Crippen LogP contribution in [0.2, 0.25) is 0 Å². The predicted molar refractivity (Wildman–Crippen MR) is 96.8 cm³/mol. The second-order valence-electron chi connectivity index (χ2n) is 6.57. The van der Waals surface area contributed by atoms with Crippen molar-refractivity contribution in [1.82, 2.24) is 5.32 Å². The molecule has 1 heterocycles. The van der Waals surface area contributed by atoms with Crippen LogP contribution in [0.5, 0.6) is 0 Å². The van der Waals surface area contributed by atoms with Gasteiger partial charge >= 0.3 is 5.97 Å². The number of hydrogen-bond donors (Lipinski definition) is 1. The summed E-state index contributed by atoms with van der Waals surface area (Å²) in [5, 5.41) is 2.92. The van der Waals surface area contributed by atoms with E-state index in [2.05, 4.69) is 5.32 Å². The Morgan fingerprint density at radius 1 is 1.16 bits per heavy atom. The average molecular weight is 363 g/mol. The Balaban J connectivity index is 1.49. The third kappa shape index (κ3) is 5.47. The van der Waals surface area contributed by atoms with E-state index in [1.54, 1.807) is 17.8 Å². The number of rotatable bonds is 7. The first kappa shape index (κ1) is 18.3. The maximum Gasteiger partial charge on any atom is 0.339 e. The quantitative estimate of drug-likeness (QED) is 0.595. The summed E-state index contributed by atoms with van der Waals surface area (Å²) in [5.41, 5.74) is 0.513. The zero-order chi connectivity index (χ0) is 17.5. The third-order valence-electron chi connectivity index (χ3n) is 4.61. The van der Waals surface area contributed by atoms with Crippen LogP contribution in [-0.2, 0) is 14.3 Å². The van der Waals surface area contributed by atoms with Gasteiger partial charge in [0.25, 0.3) is 5.91 Å². The van der Waals surface area contributed by atoms with E-state index in [0.717, 1.165) is 55.8 Å². The summed E-state index contributed by atoms with van der Waals surface area (Å²) in [5.74, 6) is 0.161. The number of benzene rings is 1. The molecule has 1 amide bonds. The Hall–Kier alpha value is -1.53. The van der Waals surface area contributed by atoms with Gasteiger partial charge < -0.3 is 14.8 Å². The molecule has 0 radical (unpaired) electrons. The first-order valence-corrected chi connectivity index (χ1v) is 10.0. The molecule has 1 aromatic rings. The molecule has 1 aromatic carbocycles. The van der Waals surface area contributed by atoms with Crippen LogP contribution in [0.25, 0.3) is 0 Å². The van der Waals surface area contributed by atoms with Crippen molar-refractivity contribution in [3.63, 3.8) is 0 Å². The fraction of sp³-hybridized carbons (Fsp3) is 0.579. The molecule has 3 rings (SSSR count). The van der Waals surface area contributed by atoms with E-state index >= 15 is 0 Å². The molecule has 1 aliphatic heterocycles. The molecule has 1 atom stereocenters. The Kier molecular flexibility index (Phi) is 6.76. The fourth-order valence-corrected chi connectivity index (χ4v) is 4.38. The molecule has 136 valence electrons. The van der Waals surface area contributed by atoms with Crippen molar-refractivity contribution in [1.29, 1.82) is 0 Å². The zero-order valence-corrected chi connectivity index (χ0v) is 15.2. The molecule has 2 aliphatic rings. The second kappa shape index (κ2) is 9.25. The average Bonchev–Trinajstić information content (AvgIpc) is 3.32. The van der Waals surface area contributed by atoms with Crippen LogP contribution in [0.4, 0.5) is 0 Å². The maximum absolute atomic E-state index is 12.4. The van der Waals surface area contributed by atoms with Crippen LogP contribution < -0.4 is 5.32 Å². The molecule has 6 heteroatoms. The fourth-order valence-electron chi connectivity index (χ4n) is 3.27. The van der Waals surface area contributed by atoms with Crippen molar-refractivity contribution in [3.8, 4) is 0 Å². The van der Waals surface area contributed by atoms with E-state index in [4.69, 9.17) is 9.47 Å². The standard InChI is InChI=1S/C19H25NO4S/c21-18(20-14-6-1-2-7-14)12-24-19(22)16-9-3-4-10-17(16)25-13-15-8-5-11-23-15/h3-4,9-10,14-15H,1-2,5-8,11-13H2,(H,20,21)/t15-/m1/s1. The lowest BCUT2D eigenvalue weighted by Crippen LogP contribution is -2.35. The Morgan fingerprint density at radius 3 is 2.72 bits per heavy atom. The van der Waals surface area contributed by atoms with E-state index in [0.29, 0.717) is 5.56 Å². The molecule has 25 heavy (non-hydrogen) atoms. The number of carbonyl (C=O) groups is 2. The van der Waals surface area contributed by atoms with Crippen LogP contribution in [0, 0.1) is 0 Å². The van der Waals surface area contributed by atoms with Crippen molar-refractivity contribution in [2.24, 2.45) is 0 Å². The summed E-state index contributed by atoms with van der Waals surface area (Å²) >= 11 is 1.61. The number of hydrogen-bond acceptors (Lipinski definition) is 5. The maximum atomic E-state index is 12.4. The van der Waals surface area contributed by atoms with Gasteiger partial charge in [-0.3, -0.25) is 4.79 Å². The molecule has 2 fully saturated rings. The van der Waals surface area contributed by atoms with Gasteiger partial charge in [-0.15, -0.1) is 11.8 Å². The number of amides is 1.